The fourth-order valence-corrected chi connectivity index (χ4v) is 4.56. The monoisotopic (exact) mass is 542 g/mol. The summed E-state index contributed by atoms with van der Waals surface area (Å²) in [7, 11) is 1.77. The number of fused-ring (bicyclic) bond motifs is 1. The predicted octanol–water partition coefficient (Wildman–Crippen LogP) is 5.17. The molecule has 1 atom stereocenters. The Bertz CT molecular complexity index is 1710. The van der Waals surface area contributed by atoms with Gasteiger partial charge in [0.15, 0.2) is 5.82 Å². The van der Waals surface area contributed by atoms with Crippen LogP contribution in [-0.4, -0.2) is 32.2 Å². The number of hydrogen-bond acceptors (Lipinski definition) is 7. The van der Waals surface area contributed by atoms with Crippen LogP contribution in [0, 0.1) is 28.6 Å². The Morgan fingerprint density at radius 1 is 1.10 bits per heavy atom. The molecule has 0 spiro atoms. The fourth-order valence-electron chi connectivity index (χ4n) is 4.56. The summed E-state index contributed by atoms with van der Waals surface area (Å²) >= 11 is 0. The number of anilines is 2. The minimum Gasteiger partial charge on any atom is -0.369 e. The standard InChI is InChI=1S/C28H21F3N8O/c1-16(11-32)13-34-24-9-18(21-8-17(12-33)6-7-19(21)26-37-35-15-38(26)2)10-25(36-24)39-14-22-20(27(39)40)4-3-5-23(22)28(29,30)31/h3-10,15-16H,13-14H2,1-2H3,(H,34,36)/t16-/m1/s1. The molecular weight excluding hydrogens is 521 g/mol. The van der Waals surface area contributed by atoms with Crippen molar-refractivity contribution in [2.75, 3.05) is 16.8 Å². The van der Waals surface area contributed by atoms with Gasteiger partial charge in [-0.15, -0.1) is 10.2 Å². The van der Waals surface area contributed by atoms with Crippen LogP contribution in [0.15, 0.2) is 54.9 Å². The molecule has 3 heterocycles. The maximum Gasteiger partial charge on any atom is 0.416 e. The second-order valence-electron chi connectivity index (χ2n) is 9.37. The minimum atomic E-state index is -4.63. The van der Waals surface area contributed by atoms with E-state index < -0.39 is 17.6 Å². The molecule has 40 heavy (non-hydrogen) atoms. The molecule has 9 nitrogen and oxygen atoms in total. The highest BCUT2D eigenvalue weighted by Crippen LogP contribution is 2.40. The van der Waals surface area contributed by atoms with Crippen molar-refractivity contribution in [1.82, 2.24) is 19.7 Å². The highest BCUT2D eigenvalue weighted by molar-refractivity contribution is 6.10. The number of aromatic nitrogens is 4. The van der Waals surface area contributed by atoms with Gasteiger partial charge in [0, 0.05) is 24.7 Å². The summed E-state index contributed by atoms with van der Waals surface area (Å²) in [5.74, 6) is -0.0331. The van der Waals surface area contributed by atoms with Crippen LogP contribution in [-0.2, 0) is 19.8 Å². The third kappa shape index (κ3) is 4.83. The zero-order valence-corrected chi connectivity index (χ0v) is 21.4. The summed E-state index contributed by atoms with van der Waals surface area (Å²) in [6.45, 7) is 1.65. The van der Waals surface area contributed by atoms with E-state index in [1.165, 1.54) is 23.4 Å². The Labute approximate surface area is 227 Å². The SMILES string of the molecule is C[C@H](C#N)CNc1cc(-c2cc(C#N)ccc2-c2nncn2C)cc(N2Cc3c(cccc3C(F)(F)F)C2=O)n1. The molecule has 0 bridgehead atoms. The van der Waals surface area contributed by atoms with Crippen molar-refractivity contribution in [2.24, 2.45) is 13.0 Å². The molecule has 12 heteroatoms. The lowest BCUT2D eigenvalue weighted by molar-refractivity contribution is -0.138. The molecule has 0 saturated heterocycles. The van der Waals surface area contributed by atoms with E-state index in [-0.39, 0.29) is 36.0 Å². The number of benzene rings is 2. The third-order valence-corrected chi connectivity index (χ3v) is 6.58. The average molecular weight is 543 g/mol. The number of hydrogen-bond donors (Lipinski definition) is 1. The largest absolute Gasteiger partial charge is 0.416 e. The summed E-state index contributed by atoms with van der Waals surface area (Å²) in [4.78, 5) is 19.1. The molecular formula is C28H21F3N8O. The van der Waals surface area contributed by atoms with Crippen molar-refractivity contribution >= 4 is 17.5 Å². The minimum absolute atomic E-state index is 0.0408. The zero-order valence-electron chi connectivity index (χ0n) is 21.4. The lowest BCUT2D eigenvalue weighted by atomic mass is 9.97. The van der Waals surface area contributed by atoms with Gasteiger partial charge in [0.25, 0.3) is 5.91 Å². The number of carbonyl (C=O) groups excluding carboxylic acids is 1. The van der Waals surface area contributed by atoms with Gasteiger partial charge >= 0.3 is 6.18 Å². The molecule has 0 radical (unpaired) electrons. The normalized spacial score (nSPS) is 13.5. The molecule has 0 saturated carbocycles. The highest BCUT2D eigenvalue weighted by atomic mass is 19.4. The molecule has 1 amide bonds. The van der Waals surface area contributed by atoms with E-state index in [0.29, 0.717) is 33.9 Å². The first kappa shape index (κ1) is 26.4. The number of halogens is 3. The van der Waals surface area contributed by atoms with Crippen molar-refractivity contribution in [1.29, 1.82) is 10.5 Å². The molecule has 0 fully saturated rings. The van der Waals surface area contributed by atoms with E-state index in [0.717, 1.165) is 6.07 Å². The third-order valence-electron chi connectivity index (χ3n) is 6.58. The first-order valence-electron chi connectivity index (χ1n) is 12.2. The molecule has 1 N–H and O–H groups in total. The first-order chi connectivity index (χ1) is 19.1. The van der Waals surface area contributed by atoms with Crippen LogP contribution >= 0.6 is 0 Å². The topological polar surface area (TPSA) is 124 Å². The van der Waals surface area contributed by atoms with E-state index in [1.807, 2.05) is 0 Å². The van der Waals surface area contributed by atoms with Gasteiger partial charge in [0.2, 0.25) is 0 Å². The average Bonchev–Trinajstić information content (AvgIpc) is 3.53. The van der Waals surface area contributed by atoms with Crippen LogP contribution < -0.4 is 10.2 Å². The predicted molar refractivity (Wildman–Crippen MR) is 140 cm³/mol. The van der Waals surface area contributed by atoms with E-state index in [4.69, 9.17) is 0 Å². The van der Waals surface area contributed by atoms with Gasteiger partial charge in [-0.3, -0.25) is 9.69 Å². The number of pyridine rings is 1. The molecule has 1 aliphatic rings. The van der Waals surface area contributed by atoms with Gasteiger partial charge < -0.3 is 9.88 Å². The Morgan fingerprint density at radius 3 is 2.58 bits per heavy atom. The number of alkyl halides is 3. The van der Waals surface area contributed by atoms with Gasteiger partial charge in [-0.05, 0) is 66.1 Å². The summed E-state index contributed by atoms with van der Waals surface area (Å²) in [6.07, 6.45) is -3.09. The van der Waals surface area contributed by atoms with Crippen LogP contribution in [0.4, 0.5) is 24.8 Å². The van der Waals surface area contributed by atoms with Gasteiger partial charge in [-0.2, -0.15) is 23.7 Å². The molecule has 4 aromatic rings. The fraction of sp³-hybridized carbons (Fsp3) is 0.214. The van der Waals surface area contributed by atoms with Gasteiger partial charge in [-0.25, -0.2) is 4.98 Å². The number of nitrogens with zero attached hydrogens (tertiary/aromatic N) is 7. The van der Waals surface area contributed by atoms with Gasteiger partial charge in [0.1, 0.15) is 18.0 Å². The smallest absolute Gasteiger partial charge is 0.369 e. The number of rotatable bonds is 6. The zero-order chi connectivity index (χ0) is 28.6. The second-order valence-corrected chi connectivity index (χ2v) is 9.37. The summed E-state index contributed by atoms with van der Waals surface area (Å²) < 4.78 is 42.9. The molecule has 2 aromatic heterocycles. The molecule has 200 valence electrons. The Hall–Kier alpha value is -5.23. The maximum absolute atomic E-state index is 13.7. The number of aryl methyl sites for hydroxylation is 1. The molecule has 0 unspecified atom stereocenters. The van der Waals surface area contributed by atoms with E-state index in [1.54, 1.807) is 48.9 Å². The molecule has 2 aromatic carbocycles. The van der Waals surface area contributed by atoms with E-state index in [2.05, 4.69) is 32.6 Å². The van der Waals surface area contributed by atoms with Crippen molar-refractivity contribution < 1.29 is 18.0 Å². The van der Waals surface area contributed by atoms with Crippen LogP contribution in [0.5, 0.6) is 0 Å². The van der Waals surface area contributed by atoms with Crippen molar-refractivity contribution in [3.63, 3.8) is 0 Å². The van der Waals surface area contributed by atoms with Crippen LogP contribution in [0.3, 0.4) is 0 Å². The summed E-state index contributed by atoms with van der Waals surface area (Å²) in [6, 6.07) is 16.1. The Morgan fingerprint density at radius 2 is 1.90 bits per heavy atom. The molecule has 5 rings (SSSR count). The quantitative estimate of drug-likeness (QED) is 0.357. The highest BCUT2D eigenvalue weighted by Gasteiger charge is 2.40. The summed E-state index contributed by atoms with van der Waals surface area (Å²) in [5.41, 5.74) is 1.09. The van der Waals surface area contributed by atoms with Crippen LogP contribution in [0.25, 0.3) is 22.5 Å². The van der Waals surface area contributed by atoms with E-state index in [9.17, 15) is 28.5 Å². The van der Waals surface area contributed by atoms with Gasteiger partial charge in [-0.1, -0.05) is 6.07 Å². The van der Waals surface area contributed by atoms with Crippen molar-refractivity contribution in [3.05, 3.63) is 77.1 Å². The summed E-state index contributed by atoms with van der Waals surface area (Å²) in [5, 5.41) is 30.0. The van der Waals surface area contributed by atoms with Crippen molar-refractivity contribution in [3.8, 4) is 34.7 Å². The van der Waals surface area contributed by atoms with Crippen molar-refractivity contribution in [2.45, 2.75) is 19.6 Å². The number of nitriles is 2. The van der Waals surface area contributed by atoms with Crippen LogP contribution in [0.1, 0.15) is 34.0 Å². The van der Waals surface area contributed by atoms with Gasteiger partial charge in [0.05, 0.1) is 35.7 Å². The Kier molecular flexibility index (Phi) is 6.69. The maximum atomic E-state index is 13.7. The second kappa shape index (κ2) is 10.2. The lowest BCUT2D eigenvalue weighted by Gasteiger charge is -2.19. The van der Waals surface area contributed by atoms with Crippen LogP contribution in [0.2, 0.25) is 0 Å². The number of nitrogens with one attached hydrogen (secondary N) is 1. The number of amides is 1. The molecule has 0 aliphatic carbocycles. The lowest BCUT2D eigenvalue weighted by Crippen LogP contribution is -2.24. The Balaban J connectivity index is 1.66. The number of carbonyl (C=O) groups is 1. The first-order valence-corrected chi connectivity index (χ1v) is 12.2. The van der Waals surface area contributed by atoms with E-state index >= 15 is 0 Å². The molecule has 1 aliphatic heterocycles.